The molecule has 4 aromatic carbocycles. The molecule has 0 unspecified atom stereocenters. The highest BCUT2D eigenvalue weighted by Crippen LogP contribution is 2.31. The van der Waals surface area contributed by atoms with Crippen LogP contribution in [0.25, 0.3) is 0 Å². The maximum Gasteiger partial charge on any atom is 0.0602 e. The van der Waals surface area contributed by atoms with Crippen LogP contribution in [0.1, 0.15) is 34.3 Å². The fourth-order valence-corrected chi connectivity index (χ4v) is 6.38. The zero-order valence-corrected chi connectivity index (χ0v) is 22.9. The van der Waals surface area contributed by atoms with E-state index >= 15 is 0 Å². The van der Waals surface area contributed by atoms with Gasteiger partial charge in [0.2, 0.25) is 0 Å². The molecule has 0 radical (unpaired) electrons. The fourth-order valence-electron chi connectivity index (χ4n) is 6.38. The SMILES string of the molecule is c1ccc(C(c2ccccc2)N2CCN(CN3CCN(C(c4ccccc4)c4ccccc4)CC3)CC2)cc1. The van der Waals surface area contributed by atoms with Gasteiger partial charge >= 0.3 is 0 Å². The van der Waals surface area contributed by atoms with E-state index < -0.39 is 0 Å². The van der Waals surface area contributed by atoms with Gasteiger partial charge in [0.1, 0.15) is 0 Å². The predicted molar refractivity (Wildman–Crippen MR) is 161 cm³/mol. The first-order chi connectivity index (χ1) is 19.3. The first-order valence-corrected chi connectivity index (χ1v) is 14.5. The Kier molecular flexibility index (Phi) is 8.47. The summed E-state index contributed by atoms with van der Waals surface area (Å²) in [7, 11) is 0. The maximum absolute atomic E-state index is 2.67. The van der Waals surface area contributed by atoms with Crippen LogP contribution in [0, 0.1) is 0 Å². The first kappa shape index (κ1) is 26.0. The van der Waals surface area contributed by atoms with E-state index in [1.807, 2.05) is 0 Å². The quantitative estimate of drug-likeness (QED) is 0.295. The van der Waals surface area contributed by atoms with E-state index in [4.69, 9.17) is 0 Å². The average Bonchev–Trinajstić information content (AvgIpc) is 3.01. The number of hydrogen-bond donors (Lipinski definition) is 0. The van der Waals surface area contributed by atoms with Crippen LogP contribution in [-0.2, 0) is 0 Å². The largest absolute Gasteiger partial charge is 0.290 e. The summed E-state index contributed by atoms with van der Waals surface area (Å²) < 4.78 is 0. The van der Waals surface area contributed by atoms with Crippen LogP contribution >= 0.6 is 0 Å². The summed E-state index contributed by atoms with van der Waals surface area (Å²) in [6, 6.07) is 44.7. The lowest BCUT2D eigenvalue weighted by molar-refractivity contribution is 0.0315. The van der Waals surface area contributed by atoms with Crippen molar-refractivity contribution < 1.29 is 0 Å². The first-order valence-electron chi connectivity index (χ1n) is 14.5. The van der Waals surface area contributed by atoms with Crippen molar-refractivity contribution >= 4 is 0 Å². The monoisotopic (exact) mass is 516 g/mol. The Morgan fingerprint density at radius 3 is 0.872 bits per heavy atom. The molecule has 0 aromatic heterocycles. The van der Waals surface area contributed by atoms with Gasteiger partial charge in [-0.25, -0.2) is 0 Å². The number of nitrogens with zero attached hydrogens (tertiary/aromatic N) is 4. The molecule has 0 amide bonds. The van der Waals surface area contributed by atoms with Gasteiger partial charge in [-0.3, -0.25) is 19.6 Å². The van der Waals surface area contributed by atoms with Gasteiger partial charge in [-0.2, -0.15) is 0 Å². The molecule has 2 aliphatic rings. The minimum atomic E-state index is 0.325. The number of piperazine rings is 2. The Labute approximate surface area is 234 Å². The van der Waals surface area contributed by atoms with Gasteiger partial charge < -0.3 is 0 Å². The molecule has 4 nitrogen and oxygen atoms in total. The van der Waals surface area contributed by atoms with E-state index in [1.54, 1.807) is 0 Å². The van der Waals surface area contributed by atoms with Crippen molar-refractivity contribution in [2.24, 2.45) is 0 Å². The molecule has 4 heteroatoms. The molecular weight excluding hydrogens is 476 g/mol. The van der Waals surface area contributed by atoms with Crippen LogP contribution in [0.3, 0.4) is 0 Å². The molecule has 0 saturated carbocycles. The van der Waals surface area contributed by atoms with Crippen LogP contribution in [0.5, 0.6) is 0 Å². The molecule has 200 valence electrons. The van der Waals surface area contributed by atoms with Crippen molar-refractivity contribution in [3.8, 4) is 0 Å². The highest BCUT2D eigenvalue weighted by molar-refractivity contribution is 5.33. The van der Waals surface area contributed by atoms with Gasteiger partial charge in [0.05, 0.1) is 18.8 Å². The summed E-state index contributed by atoms with van der Waals surface area (Å²) in [5, 5.41) is 0. The van der Waals surface area contributed by atoms with E-state index in [2.05, 4.69) is 141 Å². The molecule has 6 rings (SSSR count). The normalized spacial score (nSPS) is 18.1. The molecule has 0 spiro atoms. The third kappa shape index (κ3) is 6.32. The second-order valence-corrected chi connectivity index (χ2v) is 10.9. The summed E-state index contributed by atoms with van der Waals surface area (Å²) in [6.07, 6.45) is 0. The lowest BCUT2D eigenvalue weighted by atomic mass is 9.96. The van der Waals surface area contributed by atoms with E-state index in [-0.39, 0.29) is 0 Å². The lowest BCUT2D eigenvalue weighted by Crippen LogP contribution is -2.54. The predicted octanol–water partition coefficient (Wildman–Crippen LogP) is 5.76. The molecule has 4 aromatic rings. The second-order valence-electron chi connectivity index (χ2n) is 10.9. The summed E-state index contributed by atoms with van der Waals surface area (Å²) >= 11 is 0. The van der Waals surface area contributed by atoms with E-state index in [9.17, 15) is 0 Å². The zero-order valence-electron chi connectivity index (χ0n) is 22.9. The van der Waals surface area contributed by atoms with Crippen LogP contribution in [0.15, 0.2) is 121 Å². The number of hydrogen-bond acceptors (Lipinski definition) is 4. The van der Waals surface area contributed by atoms with Gasteiger partial charge in [-0.05, 0) is 22.3 Å². The molecule has 0 aliphatic carbocycles. The fraction of sp³-hybridized carbons (Fsp3) is 0.314. The van der Waals surface area contributed by atoms with E-state index in [0.717, 1.165) is 59.0 Å². The van der Waals surface area contributed by atoms with Crippen molar-refractivity contribution in [3.05, 3.63) is 144 Å². The van der Waals surface area contributed by atoms with Gasteiger partial charge in [0.25, 0.3) is 0 Å². The van der Waals surface area contributed by atoms with Crippen molar-refractivity contribution in [1.82, 2.24) is 19.6 Å². The summed E-state index contributed by atoms with van der Waals surface area (Å²) in [4.78, 5) is 10.7. The number of benzene rings is 4. The third-order valence-electron chi connectivity index (χ3n) is 8.41. The van der Waals surface area contributed by atoms with Crippen molar-refractivity contribution in [3.63, 3.8) is 0 Å². The van der Waals surface area contributed by atoms with Crippen molar-refractivity contribution in [2.75, 3.05) is 59.0 Å². The molecule has 2 aliphatic heterocycles. The molecular formula is C35H40N4. The van der Waals surface area contributed by atoms with Crippen LogP contribution in [0.4, 0.5) is 0 Å². The van der Waals surface area contributed by atoms with Crippen LogP contribution < -0.4 is 0 Å². The van der Waals surface area contributed by atoms with Crippen molar-refractivity contribution in [1.29, 1.82) is 0 Å². The summed E-state index contributed by atoms with van der Waals surface area (Å²) in [5.41, 5.74) is 5.55. The Hall–Kier alpha value is -3.28. The van der Waals surface area contributed by atoms with Gasteiger partial charge in [-0.15, -0.1) is 0 Å². The molecule has 2 saturated heterocycles. The van der Waals surface area contributed by atoms with Gasteiger partial charge in [0.15, 0.2) is 0 Å². The maximum atomic E-state index is 2.67. The topological polar surface area (TPSA) is 13.0 Å². The van der Waals surface area contributed by atoms with Crippen LogP contribution in [0.2, 0.25) is 0 Å². The van der Waals surface area contributed by atoms with E-state index in [1.165, 1.54) is 22.3 Å². The Morgan fingerprint density at radius 2 is 0.615 bits per heavy atom. The molecule has 39 heavy (non-hydrogen) atoms. The Balaban J connectivity index is 1.06. The molecule has 2 heterocycles. The second kappa shape index (κ2) is 12.7. The lowest BCUT2D eigenvalue weighted by Gasteiger charge is -2.44. The molecule has 0 N–H and O–H groups in total. The minimum absolute atomic E-state index is 0.325. The Morgan fingerprint density at radius 1 is 0.359 bits per heavy atom. The standard InChI is InChI=1S/C35H40N4/c1-5-13-30(14-6-1)34(31-15-7-2-8-16-31)38-25-21-36(22-26-38)29-37-23-27-39(28-24-37)35(32-17-9-3-10-18-32)33-19-11-4-12-20-33/h1-20,34-35H,21-29H2. The zero-order chi connectivity index (χ0) is 26.3. The van der Waals surface area contributed by atoms with Gasteiger partial charge in [-0.1, -0.05) is 121 Å². The average molecular weight is 517 g/mol. The molecule has 0 atom stereocenters. The summed E-state index contributed by atoms with van der Waals surface area (Å²) in [5.74, 6) is 0. The minimum Gasteiger partial charge on any atom is -0.290 e. The third-order valence-corrected chi connectivity index (χ3v) is 8.41. The highest BCUT2D eigenvalue weighted by atomic mass is 15.4. The number of rotatable bonds is 8. The molecule has 0 bridgehead atoms. The smallest absolute Gasteiger partial charge is 0.0602 e. The highest BCUT2D eigenvalue weighted by Gasteiger charge is 2.29. The molecule has 2 fully saturated rings. The Bertz CT molecular complexity index is 1070. The summed E-state index contributed by atoms with van der Waals surface area (Å²) in [6.45, 7) is 9.93. The van der Waals surface area contributed by atoms with Crippen LogP contribution in [-0.4, -0.2) is 78.6 Å². The van der Waals surface area contributed by atoms with Crippen molar-refractivity contribution in [2.45, 2.75) is 12.1 Å². The van der Waals surface area contributed by atoms with Gasteiger partial charge in [0, 0.05) is 52.4 Å². The van der Waals surface area contributed by atoms with E-state index in [0.29, 0.717) is 12.1 Å².